The summed E-state index contributed by atoms with van der Waals surface area (Å²) >= 11 is 0. The quantitative estimate of drug-likeness (QED) is 0.449. The highest BCUT2D eigenvalue weighted by atomic mass is 32.2. The summed E-state index contributed by atoms with van der Waals surface area (Å²) in [5, 5.41) is 0. The molecule has 7 heteroatoms. The number of hydrazine groups is 1. The summed E-state index contributed by atoms with van der Waals surface area (Å²) in [5.41, 5.74) is 2.62. The maximum absolute atomic E-state index is 11.3. The van der Waals surface area contributed by atoms with E-state index in [0.29, 0.717) is 13.2 Å². The summed E-state index contributed by atoms with van der Waals surface area (Å²) in [5.74, 6) is 5.35. The highest BCUT2D eigenvalue weighted by Crippen LogP contribution is 2.14. The van der Waals surface area contributed by atoms with E-state index in [1.165, 1.54) is 10.6 Å². The number of nitrogens with one attached hydrogen (secondary N) is 1. The van der Waals surface area contributed by atoms with Crippen LogP contribution < -0.4 is 11.3 Å². The Bertz CT molecular complexity index is 280. The summed E-state index contributed by atoms with van der Waals surface area (Å²) in [7, 11) is -1.65. The molecular formula is C7H17N3O3S. The van der Waals surface area contributed by atoms with Crippen LogP contribution in [-0.2, 0) is 14.8 Å². The largest absolute Gasteiger partial charge is 0.380 e. The summed E-state index contributed by atoms with van der Waals surface area (Å²) < 4.78 is 29.1. The first-order valence-electron chi connectivity index (χ1n) is 4.43. The molecule has 0 aromatic heterocycles. The summed E-state index contributed by atoms with van der Waals surface area (Å²) in [6.07, 6.45) is 1.90. The topological polar surface area (TPSA) is 84.7 Å². The Balaban J connectivity index is 2.73. The van der Waals surface area contributed by atoms with Crippen LogP contribution in [0.4, 0.5) is 0 Å². The molecular weight excluding hydrogens is 206 g/mol. The number of ether oxygens (including phenoxy) is 1. The van der Waals surface area contributed by atoms with Crippen LogP contribution in [0.15, 0.2) is 0 Å². The number of nitrogens with two attached hydrogens (primary N) is 1. The minimum atomic E-state index is -3.19. The van der Waals surface area contributed by atoms with Crippen LogP contribution in [0.2, 0.25) is 0 Å². The van der Waals surface area contributed by atoms with Crippen molar-refractivity contribution in [1.82, 2.24) is 9.73 Å². The van der Waals surface area contributed by atoms with E-state index in [1.807, 2.05) is 0 Å². The zero-order valence-corrected chi connectivity index (χ0v) is 9.25. The van der Waals surface area contributed by atoms with E-state index in [9.17, 15) is 8.42 Å². The molecule has 0 radical (unpaired) electrons. The first-order chi connectivity index (χ1) is 6.46. The molecule has 3 N–H and O–H groups in total. The fourth-order valence-electron chi connectivity index (χ4n) is 1.52. The maximum Gasteiger partial charge on any atom is 0.211 e. The first-order valence-corrected chi connectivity index (χ1v) is 6.28. The SMILES string of the molecule is CN(C1COCCC1NN)S(C)(=O)=O. The van der Waals surface area contributed by atoms with Gasteiger partial charge in [0.15, 0.2) is 0 Å². The number of rotatable bonds is 3. The van der Waals surface area contributed by atoms with Crippen molar-refractivity contribution in [3.05, 3.63) is 0 Å². The monoisotopic (exact) mass is 223 g/mol. The van der Waals surface area contributed by atoms with Gasteiger partial charge in [0.05, 0.1) is 18.9 Å². The van der Waals surface area contributed by atoms with E-state index < -0.39 is 10.0 Å². The zero-order chi connectivity index (χ0) is 10.8. The highest BCUT2D eigenvalue weighted by molar-refractivity contribution is 7.88. The van der Waals surface area contributed by atoms with Crippen LogP contribution in [0.5, 0.6) is 0 Å². The molecule has 0 aromatic carbocycles. The second kappa shape index (κ2) is 4.54. The lowest BCUT2D eigenvalue weighted by molar-refractivity contribution is 0.0296. The normalized spacial score (nSPS) is 29.4. The number of nitrogens with zero attached hydrogens (tertiary/aromatic N) is 1. The highest BCUT2D eigenvalue weighted by Gasteiger charge is 2.32. The summed E-state index contributed by atoms with van der Waals surface area (Å²) in [6.45, 7) is 1.00. The maximum atomic E-state index is 11.3. The third-order valence-electron chi connectivity index (χ3n) is 2.53. The fraction of sp³-hybridized carbons (Fsp3) is 1.00. The molecule has 1 heterocycles. The Kier molecular flexibility index (Phi) is 3.85. The molecule has 2 unspecified atom stereocenters. The van der Waals surface area contributed by atoms with E-state index >= 15 is 0 Å². The average Bonchev–Trinajstić information content (AvgIpc) is 2.15. The molecule has 0 spiro atoms. The van der Waals surface area contributed by atoms with Crippen LogP contribution in [0, 0.1) is 0 Å². The van der Waals surface area contributed by atoms with Crippen molar-refractivity contribution in [2.45, 2.75) is 18.5 Å². The zero-order valence-electron chi connectivity index (χ0n) is 8.43. The Morgan fingerprint density at radius 2 is 2.21 bits per heavy atom. The number of sulfonamides is 1. The summed E-state index contributed by atoms with van der Waals surface area (Å²) in [4.78, 5) is 0. The van der Waals surface area contributed by atoms with Crippen molar-refractivity contribution < 1.29 is 13.2 Å². The molecule has 1 fully saturated rings. The fourth-order valence-corrected chi connectivity index (χ4v) is 2.22. The van der Waals surface area contributed by atoms with Crippen molar-refractivity contribution in [3.8, 4) is 0 Å². The number of hydrogen-bond acceptors (Lipinski definition) is 5. The molecule has 1 aliphatic rings. The van der Waals surface area contributed by atoms with Crippen LogP contribution in [0.3, 0.4) is 0 Å². The van der Waals surface area contributed by atoms with Crippen molar-refractivity contribution in [3.63, 3.8) is 0 Å². The van der Waals surface area contributed by atoms with Gasteiger partial charge in [-0.05, 0) is 6.42 Å². The Hall–Kier alpha value is -0.210. The van der Waals surface area contributed by atoms with Crippen molar-refractivity contribution in [1.29, 1.82) is 0 Å². The predicted octanol–water partition coefficient (Wildman–Crippen LogP) is -1.50. The van der Waals surface area contributed by atoms with Gasteiger partial charge in [0.2, 0.25) is 10.0 Å². The van der Waals surface area contributed by atoms with Crippen LogP contribution in [0.1, 0.15) is 6.42 Å². The molecule has 2 atom stereocenters. The lowest BCUT2D eigenvalue weighted by Gasteiger charge is -2.35. The molecule has 1 rings (SSSR count). The first kappa shape index (κ1) is 11.9. The molecule has 1 aliphatic heterocycles. The second-order valence-corrected chi connectivity index (χ2v) is 5.53. The molecule has 0 aliphatic carbocycles. The third-order valence-corrected chi connectivity index (χ3v) is 3.85. The van der Waals surface area contributed by atoms with E-state index in [2.05, 4.69) is 5.43 Å². The Morgan fingerprint density at radius 3 is 2.71 bits per heavy atom. The van der Waals surface area contributed by atoms with Crippen molar-refractivity contribution >= 4 is 10.0 Å². The van der Waals surface area contributed by atoms with Crippen molar-refractivity contribution in [2.24, 2.45) is 5.84 Å². The Morgan fingerprint density at radius 1 is 1.57 bits per heavy atom. The van der Waals surface area contributed by atoms with Gasteiger partial charge in [-0.2, -0.15) is 4.31 Å². The van der Waals surface area contributed by atoms with Gasteiger partial charge in [-0.1, -0.05) is 0 Å². The second-order valence-electron chi connectivity index (χ2n) is 3.48. The molecule has 0 aromatic rings. The number of hydrogen-bond donors (Lipinski definition) is 2. The number of likely N-dealkylation sites (N-methyl/N-ethyl adjacent to an activating group) is 1. The van der Waals surface area contributed by atoms with Crippen LogP contribution in [0.25, 0.3) is 0 Å². The molecule has 1 saturated heterocycles. The molecule has 0 amide bonds. The summed E-state index contributed by atoms with van der Waals surface area (Å²) in [6, 6.07) is -0.257. The van der Waals surface area contributed by atoms with Gasteiger partial charge in [0.25, 0.3) is 0 Å². The third kappa shape index (κ3) is 2.64. The van der Waals surface area contributed by atoms with E-state index in [1.54, 1.807) is 7.05 Å². The molecule has 0 bridgehead atoms. The smallest absolute Gasteiger partial charge is 0.211 e. The lowest BCUT2D eigenvalue weighted by atomic mass is 10.1. The van der Waals surface area contributed by atoms with Crippen molar-refractivity contribution in [2.75, 3.05) is 26.5 Å². The van der Waals surface area contributed by atoms with Gasteiger partial charge >= 0.3 is 0 Å². The minimum absolute atomic E-state index is 0.0384. The van der Waals surface area contributed by atoms with Gasteiger partial charge in [-0.3, -0.25) is 11.3 Å². The molecule has 6 nitrogen and oxygen atoms in total. The molecule has 84 valence electrons. The van der Waals surface area contributed by atoms with Crippen LogP contribution in [-0.4, -0.2) is 51.3 Å². The standard InChI is InChI=1S/C7H17N3O3S/c1-10(14(2,11)12)7-5-13-4-3-6(7)9-8/h6-7,9H,3-5,8H2,1-2H3. The van der Waals surface area contributed by atoms with Gasteiger partial charge in [-0.25, -0.2) is 8.42 Å². The van der Waals surface area contributed by atoms with Gasteiger partial charge in [0.1, 0.15) is 0 Å². The van der Waals surface area contributed by atoms with Gasteiger partial charge in [0, 0.05) is 19.7 Å². The van der Waals surface area contributed by atoms with Gasteiger partial charge in [-0.15, -0.1) is 0 Å². The van der Waals surface area contributed by atoms with E-state index in [-0.39, 0.29) is 12.1 Å². The molecule has 0 saturated carbocycles. The van der Waals surface area contributed by atoms with E-state index in [4.69, 9.17) is 10.6 Å². The van der Waals surface area contributed by atoms with E-state index in [0.717, 1.165) is 6.42 Å². The Labute approximate surface area is 84.4 Å². The average molecular weight is 223 g/mol. The van der Waals surface area contributed by atoms with Gasteiger partial charge < -0.3 is 4.74 Å². The minimum Gasteiger partial charge on any atom is -0.380 e. The molecule has 14 heavy (non-hydrogen) atoms. The lowest BCUT2D eigenvalue weighted by Crippen LogP contribution is -2.57. The van der Waals surface area contributed by atoms with Crippen LogP contribution >= 0.6 is 0 Å². The predicted molar refractivity (Wildman–Crippen MR) is 52.9 cm³/mol.